The Bertz CT molecular complexity index is 505. The molecule has 1 saturated carbocycles. The molecule has 1 aliphatic carbocycles. The molecule has 0 aromatic carbocycles. The number of hydrogen-bond acceptors (Lipinski definition) is 4. The second-order valence-corrected chi connectivity index (χ2v) is 7.02. The van der Waals surface area contributed by atoms with Gasteiger partial charge in [0.1, 0.15) is 12.1 Å². The van der Waals surface area contributed by atoms with E-state index >= 15 is 0 Å². The largest absolute Gasteiger partial charge is 0.372 e. The van der Waals surface area contributed by atoms with Crippen molar-refractivity contribution in [2.45, 2.75) is 63.7 Å². The molecule has 7 nitrogen and oxygen atoms in total. The standard InChI is InChI=1S/C16H25N3O4/c1-11-8-18(9-12(2)23-11)13(20)10-19-14(21)16(17-15(19)22)6-4-3-5-7-16/h11-12H,3-10H2,1-2H3,(H,17,22)/t11-,12-/m0/s1. The van der Waals surface area contributed by atoms with E-state index in [9.17, 15) is 14.4 Å². The fraction of sp³-hybridized carbons (Fsp3) is 0.812. The van der Waals surface area contributed by atoms with Crippen LogP contribution in [-0.4, -0.2) is 65.0 Å². The number of rotatable bonds is 2. The van der Waals surface area contributed by atoms with Gasteiger partial charge in [0.15, 0.2) is 0 Å². The fourth-order valence-electron chi connectivity index (χ4n) is 3.93. The van der Waals surface area contributed by atoms with Crippen molar-refractivity contribution in [3.05, 3.63) is 0 Å². The zero-order valence-corrected chi connectivity index (χ0v) is 13.8. The quantitative estimate of drug-likeness (QED) is 0.765. The maximum Gasteiger partial charge on any atom is 0.325 e. The molecule has 128 valence electrons. The van der Waals surface area contributed by atoms with Crippen LogP contribution in [0.1, 0.15) is 46.0 Å². The molecule has 2 atom stereocenters. The number of hydrogen-bond donors (Lipinski definition) is 1. The SMILES string of the molecule is C[C@H]1CN(C(=O)CN2C(=O)NC3(CCCCC3)C2=O)C[C@H](C)O1. The lowest BCUT2D eigenvalue weighted by Gasteiger charge is -2.36. The molecule has 3 fully saturated rings. The second kappa shape index (κ2) is 6.11. The highest BCUT2D eigenvalue weighted by Crippen LogP contribution is 2.33. The highest BCUT2D eigenvalue weighted by Gasteiger charge is 2.51. The first kappa shape index (κ1) is 16.2. The van der Waals surface area contributed by atoms with E-state index in [1.165, 1.54) is 0 Å². The first-order valence-electron chi connectivity index (χ1n) is 8.49. The van der Waals surface area contributed by atoms with Crippen molar-refractivity contribution in [1.29, 1.82) is 0 Å². The van der Waals surface area contributed by atoms with Crippen LogP contribution in [0.15, 0.2) is 0 Å². The van der Waals surface area contributed by atoms with Crippen LogP contribution in [0, 0.1) is 0 Å². The zero-order chi connectivity index (χ0) is 16.6. The smallest absolute Gasteiger partial charge is 0.325 e. The molecule has 2 heterocycles. The highest BCUT2D eigenvalue weighted by atomic mass is 16.5. The van der Waals surface area contributed by atoms with Crippen LogP contribution in [0.2, 0.25) is 0 Å². The molecular weight excluding hydrogens is 298 g/mol. The molecule has 1 spiro atoms. The number of ether oxygens (including phenoxy) is 1. The average Bonchev–Trinajstić information content (AvgIpc) is 2.71. The van der Waals surface area contributed by atoms with E-state index in [0.717, 1.165) is 24.2 Å². The number of carbonyl (C=O) groups is 3. The molecule has 3 rings (SSSR count). The van der Waals surface area contributed by atoms with Gasteiger partial charge in [-0.05, 0) is 26.7 Å². The van der Waals surface area contributed by atoms with Gasteiger partial charge in [0.05, 0.1) is 12.2 Å². The molecule has 3 aliphatic rings. The van der Waals surface area contributed by atoms with Crippen molar-refractivity contribution in [2.24, 2.45) is 0 Å². The van der Waals surface area contributed by atoms with Gasteiger partial charge >= 0.3 is 6.03 Å². The highest BCUT2D eigenvalue weighted by molar-refractivity contribution is 6.09. The van der Waals surface area contributed by atoms with Gasteiger partial charge in [-0.3, -0.25) is 14.5 Å². The van der Waals surface area contributed by atoms with Crippen molar-refractivity contribution in [2.75, 3.05) is 19.6 Å². The molecule has 1 N–H and O–H groups in total. The monoisotopic (exact) mass is 323 g/mol. The Morgan fingerprint density at radius 3 is 2.39 bits per heavy atom. The predicted octanol–water partition coefficient (Wildman–Crippen LogP) is 0.877. The van der Waals surface area contributed by atoms with E-state index in [0.29, 0.717) is 25.9 Å². The maximum absolute atomic E-state index is 12.7. The summed E-state index contributed by atoms with van der Waals surface area (Å²) in [7, 11) is 0. The number of imide groups is 1. The Kier molecular flexibility index (Phi) is 4.31. The van der Waals surface area contributed by atoms with Gasteiger partial charge in [-0.2, -0.15) is 0 Å². The number of nitrogens with one attached hydrogen (secondary N) is 1. The van der Waals surface area contributed by atoms with E-state index in [1.807, 2.05) is 13.8 Å². The van der Waals surface area contributed by atoms with Crippen LogP contribution in [-0.2, 0) is 14.3 Å². The third-order valence-electron chi connectivity index (χ3n) is 5.02. The van der Waals surface area contributed by atoms with Crippen molar-refractivity contribution in [3.8, 4) is 0 Å². The molecule has 7 heteroatoms. The Hall–Kier alpha value is -1.63. The predicted molar refractivity (Wildman–Crippen MR) is 82.6 cm³/mol. The molecule has 0 bridgehead atoms. The van der Waals surface area contributed by atoms with Crippen LogP contribution in [0.3, 0.4) is 0 Å². The summed E-state index contributed by atoms with van der Waals surface area (Å²) in [4.78, 5) is 40.2. The molecule has 2 saturated heterocycles. The summed E-state index contributed by atoms with van der Waals surface area (Å²) in [5.74, 6) is -0.423. The molecule has 0 radical (unpaired) electrons. The van der Waals surface area contributed by atoms with Crippen LogP contribution in [0.5, 0.6) is 0 Å². The summed E-state index contributed by atoms with van der Waals surface area (Å²) < 4.78 is 5.62. The van der Waals surface area contributed by atoms with Gasteiger partial charge in [-0.25, -0.2) is 4.79 Å². The van der Waals surface area contributed by atoms with Crippen LogP contribution in [0.25, 0.3) is 0 Å². The van der Waals surface area contributed by atoms with Gasteiger partial charge in [0.25, 0.3) is 5.91 Å². The topological polar surface area (TPSA) is 79.0 Å². The summed E-state index contributed by atoms with van der Waals surface area (Å²) in [5, 5.41) is 2.84. The van der Waals surface area contributed by atoms with Crippen molar-refractivity contribution in [1.82, 2.24) is 15.1 Å². The summed E-state index contributed by atoms with van der Waals surface area (Å²) in [6.07, 6.45) is 4.25. The Morgan fingerprint density at radius 1 is 1.17 bits per heavy atom. The normalized spacial score (nSPS) is 30.7. The lowest BCUT2D eigenvalue weighted by atomic mass is 9.82. The molecule has 0 unspecified atom stereocenters. The lowest BCUT2D eigenvalue weighted by Crippen LogP contribution is -2.52. The van der Waals surface area contributed by atoms with Gasteiger partial charge < -0.3 is 15.0 Å². The number of morpholine rings is 1. The Morgan fingerprint density at radius 2 is 1.78 bits per heavy atom. The molecule has 0 aromatic heterocycles. The fourth-order valence-corrected chi connectivity index (χ4v) is 3.93. The van der Waals surface area contributed by atoms with Crippen molar-refractivity contribution in [3.63, 3.8) is 0 Å². The van der Waals surface area contributed by atoms with Gasteiger partial charge in [0.2, 0.25) is 5.91 Å². The molecule has 2 aliphatic heterocycles. The van der Waals surface area contributed by atoms with Gasteiger partial charge in [0, 0.05) is 13.1 Å². The van der Waals surface area contributed by atoms with Gasteiger partial charge in [-0.15, -0.1) is 0 Å². The first-order chi connectivity index (χ1) is 10.9. The third-order valence-corrected chi connectivity index (χ3v) is 5.02. The first-order valence-corrected chi connectivity index (χ1v) is 8.49. The third kappa shape index (κ3) is 3.06. The van der Waals surface area contributed by atoms with Crippen LogP contribution in [0.4, 0.5) is 4.79 Å². The maximum atomic E-state index is 12.7. The second-order valence-electron chi connectivity index (χ2n) is 7.02. The number of amides is 4. The molecule has 0 aromatic rings. The minimum atomic E-state index is -0.763. The minimum absolute atomic E-state index is 0.0320. The number of urea groups is 1. The number of nitrogens with zero attached hydrogens (tertiary/aromatic N) is 2. The van der Waals surface area contributed by atoms with E-state index in [-0.39, 0.29) is 30.6 Å². The van der Waals surface area contributed by atoms with E-state index in [4.69, 9.17) is 4.74 Å². The summed E-state index contributed by atoms with van der Waals surface area (Å²) >= 11 is 0. The Balaban J connectivity index is 1.66. The average molecular weight is 323 g/mol. The summed E-state index contributed by atoms with van der Waals surface area (Å²) in [6, 6.07) is -0.431. The van der Waals surface area contributed by atoms with E-state index in [2.05, 4.69) is 5.32 Å². The van der Waals surface area contributed by atoms with Gasteiger partial charge in [-0.1, -0.05) is 19.3 Å². The van der Waals surface area contributed by atoms with E-state index in [1.54, 1.807) is 4.90 Å². The van der Waals surface area contributed by atoms with Crippen molar-refractivity contribution < 1.29 is 19.1 Å². The van der Waals surface area contributed by atoms with E-state index < -0.39 is 11.6 Å². The lowest BCUT2D eigenvalue weighted by molar-refractivity contribution is -0.147. The molecule has 4 amide bonds. The molecule has 23 heavy (non-hydrogen) atoms. The Labute approximate surface area is 136 Å². The van der Waals surface area contributed by atoms with Crippen molar-refractivity contribution >= 4 is 17.8 Å². The minimum Gasteiger partial charge on any atom is -0.372 e. The van der Waals surface area contributed by atoms with Crippen LogP contribution < -0.4 is 5.32 Å². The summed E-state index contributed by atoms with van der Waals surface area (Å²) in [5.41, 5.74) is -0.763. The summed E-state index contributed by atoms with van der Waals surface area (Å²) in [6.45, 7) is 4.66. The molecular formula is C16H25N3O4. The number of carbonyl (C=O) groups excluding carboxylic acids is 3. The van der Waals surface area contributed by atoms with Crippen LogP contribution >= 0.6 is 0 Å². The zero-order valence-electron chi connectivity index (χ0n) is 13.8.